The van der Waals surface area contributed by atoms with Crippen LogP contribution in [0.4, 0.5) is 8.78 Å². The predicted molar refractivity (Wildman–Crippen MR) is 95.7 cm³/mol. The molecule has 1 aromatic heterocycles. The fourth-order valence-electron chi connectivity index (χ4n) is 3.73. The molecule has 0 unspecified atom stereocenters. The van der Waals surface area contributed by atoms with Crippen molar-refractivity contribution in [3.63, 3.8) is 0 Å². The summed E-state index contributed by atoms with van der Waals surface area (Å²) in [5.41, 5.74) is 2.42. The number of nitrogens with zero attached hydrogens (tertiary/aromatic N) is 2. The van der Waals surface area contributed by atoms with Crippen LogP contribution >= 0.6 is 0 Å². The maximum atomic E-state index is 13.4. The molecule has 1 amide bonds. The molecule has 0 spiro atoms. The van der Waals surface area contributed by atoms with E-state index in [2.05, 4.69) is 0 Å². The van der Waals surface area contributed by atoms with Crippen molar-refractivity contribution < 1.29 is 18.0 Å². The monoisotopic (exact) mass is 372 g/mol. The van der Waals surface area contributed by atoms with Gasteiger partial charge in [0.2, 0.25) is 0 Å². The van der Waals surface area contributed by atoms with Crippen LogP contribution in [0.5, 0.6) is 0 Å². The first-order chi connectivity index (χ1) is 13.0. The smallest absolute Gasteiger partial charge is 0.408 e. The van der Waals surface area contributed by atoms with Gasteiger partial charge in [0.25, 0.3) is 5.91 Å². The predicted octanol–water partition coefficient (Wildman–Crippen LogP) is 3.66. The number of likely N-dealkylation sites (tertiary alicyclic amines) is 1. The summed E-state index contributed by atoms with van der Waals surface area (Å²) >= 11 is 0. The first-order valence-electron chi connectivity index (χ1n) is 8.80. The summed E-state index contributed by atoms with van der Waals surface area (Å²) < 4.78 is 33.5. The lowest BCUT2D eigenvalue weighted by molar-refractivity contribution is 0.0693. The molecular formula is C20H18F2N2O3. The number of hydrogen-bond donors (Lipinski definition) is 0. The molecule has 2 aromatic carbocycles. The first-order valence-corrected chi connectivity index (χ1v) is 8.80. The molecule has 0 N–H and O–H groups in total. The van der Waals surface area contributed by atoms with Crippen LogP contribution in [-0.2, 0) is 0 Å². The summed E-state index contributed by atoms with van der Waals surface area (Å²) in [6.45, 7) is 2.77. The van der Waals surface area contributed by atoms with Crippen LogP contribution in [0.3, 0.4) is 0 Å². The quantitative estimate of drug-likeness (QED) is 0.690. The average molecular weight is 372 g/mol. The van der Waals surface area contributed by atoms with Gasteiger partial charge in [0.15, 0.2) is 17.2 Å². The summed E-state index contributed by atoms with van der Waals surface area (Å²) in [5.74, 6) is -2.76. The van der Waals surface area contributed by atoms with Crippen molar-refractivity contribution in [3.8, 4) is 0 Å². The van der Waals surface area contributed by atoms with Crippen molar-refractivity contribution >= 4 is 17.0 Å². The second kappa shape index (κ2) is 6.64. The van der Waals surface area contributed by atoms with Gasteiger partial charge in [-0.15, -0.1) is 0 Å². The highest BCUT2D eigenvalue weighted by Gasteiger charge is 2.28. The number of carbonyl (C=O) groups is 1. The molecule has 0 bridgehead atoms. The molecule has 0 saturated carbocycles. The molecule has 27 heavy (non-hydrogen) atoms. The van der Waals surface area contributed by atoms with Gasteiger partial charge < -0.3 is 9.32 Å². The number of rotatable bonds is 2. The lowest BCUT2D eigenvalue weighted by Gasteiger charge is -2.32. The Morgan fingerprint density at radius 1 is 1.11 bits per heavy atom. The van der Waals surface area contributed by atoms with Crippen LogP contribution < -0.4 is 5.76 Å². The Morgan fingerprint density at radius 3 is 2.56 bits per heavy atom. The van der Waals surface area contributed by atoms with Gasteiger partial charge in [-0.1, -0.05) is 12.1 Å². The Hall–Kier alpha value is -2.96. The Balaban J connectivity index is 1.54. The molecule has 0 radical (unpaired) electrons. The van der Waals surface area contributed by atoms with Crippen LogP contribution in [0.15, 0.2) is 45.6 Å². The van der Waals surface area contributed by atoms with Gasteiger partial charge in [0, 0.05) is 24.7 Å². The summed E-state index contributed by atoms with van der Waals surface area (Å²) in [6.07, 6.45) is 1.16. The van der Waals surface area contributed by atoms with E-state index in [0.29, 0.717) is 31.5 Å². The van der Waals surface area contributed by atoms with Crippen molar-refractivity contribution in [3.05, 3.63) is 69.7 Å². The zero-order valence-corrected chi connectivity index (χ0v) is 14.7. The number of benzene rings is 2. The van der Waals surface area contributed by atoms with Crippen molar-refractivity contribution in [1.29, 1.82) is 0 Å². The number of aromatic nitrogens is 1. The number of amides is 1. The maximum Gasteiger partial charge on any atom is 0.420 e. The molecule has 4 rings (SSSR count). The van der Waals surface area contributed by atoms with E-state index in [9.17, 15) is 18.4 Å². The number of carbonyl (C=O) groups excluding carboxylic acids is 1. The number of oxazole rings is 1. The largest absolute Gasteiger partial charge is 0.420 e. The number of piperidine rings is 1. The maximum absolute atomic E-state index is 13.4. The molecule has 1 fully saturated rings. The number of aryl methyl sites for hydroxylation is 1. The molecule has 1 aliphatic rings. The van der Waals surface area contributed by atoms with Crippen LogP contribution in [0, 0.1) is 18.6 Å². The van der Waals surface area contributed by atoms with Gasteiger partial charge in [-0.25, -0.2) is 13.6 Å². The molecule has 5 nitrogen and oxygen atoms in total. The highest BCUT2D eigenvalue weighted by atomic mass is 19.2. The Kier molecular flexibility index (Phi) is 4.30. The van der Waals surface area contributed by atoms with Gasteiger partial charge in [0.1, 0.15) is 0 Å². The Morgan fingerprint density at radius 2 is 1.85 bits per heavy atom. The average Bonchev–Trinajstić information content (AvgIpc) is 3.01. The van der Waals surface area contributed by atoms with Gasteiger partial charge in [0.05, 0.1) is 5.52 Å². The summed E-state index contributed by atoms with van der Waals surface area (Å²) in [6, 6.07) is 8.61. The second-order valence-electron chi connectivity index (χ2n) is 6.81. The van der Waals surface area contributed by atoms with Gasteiger partial charge in [-0.3, -0.25) is 9.36 Å². The van der Waals surface area contributed by atoms with E-state index in [4.69, 9.17) is 4.42 Å². The third kappa shape index (κ3) is 3.03. The van der Waals surface area contributed by atoms with Crippen LogP contribution in [0.1, 0.15) is 34.8 Å². The van der Waals surface area contributed by atoms with E-state index < -0.39 is 17.4 Å². The molecule has 140 valence electrons. The van der Waals surface area contributed by atoms with E-state index in [-0.39, 0.29) is 17.5 Å². The normalized spacial score (nSPS) is 15.4. The van der Waals surface area contributed by atoms with E-state index in [1.165, 1.54) is 6.07 Å². The minimum absolute atomic E-state index is 0.0751. The minimum Gasteiger partial charge on any atom is -0.408 e. The molecule has 0 atom stereocenters. The number of hydrogen-bond acceptors (Lipinski definition) is 3. The second-order valence-corrected chi connectivity index (χ2v) is 6.81. The molecule has 0 aliphatic carbocycles. The fraction of sp³-hybridized carbons (Fsp3) is 0.300. The summed E-state index contributed by atoms with van der Waals surface area (Å²) in [5, 5.41) is 0. The van der Waals surface area contributed by atoms with E-state index in [1.807, 2.05) is 19.1 Å². The van der Waals surface area contributed by atoms with E-state index in [1.54, 1.807) is 15.5 Å². The van der Waals surface area contributed by atoms with Gasteiger partial charge in [-0.05, 0) is 49.6 Å². The number of halogens is 2. The summed E-state index contributed by atoms with van der Waals surface area (Å²) in [4.78, 5) is 26.5. The van der Waals surface area contributed by atoms with Crippen LogP contribution in [-0.4, -0.2) is 28.5 Å². The highest BCUT2D eigenvalue weighted by molar-refractivity contribution is 5.94. The van der Waals surface area contributed by atoms with Crippen molar-refractivity contribution in [1.82, 2.24) is 9.47 Å². The molecule has 3 aromatic rings. The zero-order chi connectivity index (χ0) is 19.1. The lowest BCUT2D eigenvalue weighted by atomic mass is 10.0. The van der Waals surface area contributed by atoms with Crippen molar-refractivity contribution in [2.75, 3.05) is 13.1 Å². The number of para-hydroxylation sites is 1. The molecule has 2 heterocycles. The number of fused-ring (bicyclic) bond motifs is 1. The molecule has 1 saturated heterocycles. The molecular weight excluding hydrogens is 354 g/mol. The third-order valence-corrected chi connectivity index (χ3v) is 5.12. The van der Waals surface area contributed by atoms with Crippen molar-refractivity contribution in [2.24, 2.45) is 0 Å². The Labute approximate surface area is 153 Å². The third-order valence-electron chi connectivity index (χ3n) is 5.12. The van der Waals surface area contributed by atoms with Crippen LogP contribution in [0.2, 0.25) is 0 Å². The SMILES string of the molecule is Cc1cccc2oc(=O)n(C3CCN(C(=O)c4ccc(F)c(F)c4)CC3)c12. The molecule has 1 aliphatic heterocycles. The minimum atomic E-state index is -1.04. The van der Waals surface area contributed by atoms with Crippen LogP contribution in [0.25, 0.3) is 11.1 Å². The summed E-state index contributed by atoms with van der Waals surface area (Å²) in [7, 11) is 0. The van der Waals surface area contributed by atoms with Gasteiger partial charge >= 0.3 is 5.76 Å². The lowest BCUT2D eigenvalue weighted by Crippen LogP contribution is -2.40. The van der Waals surface area contributed by atoms with Crippen molar-refractivity contribution in [2.45, 2.75) is 25.8 Å². The Bertz CT molecular complexity index is 1080. The van der Waals surface area contributed by atoms with E-state index in [0.717, 1.165) is 23.2 Å². The standard InChI is InChI=1S/C20H18F2N2O3/c1-12-3-2-4-17-18(12)24(20(26)27-17)14-7-9-23(10-8-14)19(25)13-5-6-15(21)16(22)11-13/h2-6,11,14H,7-10H2,1H3. The van der Waals surface area contributed by atoms with Gasteiger partial charge in [-0.2, -0.15) is 0 Å². The van der Waals surface area contributed by atoms with E-state index >= 15 is 0 Å². The fourth-order valence-corrected chi connectivity index (χ4v) is 3.73. The topological polar surface area (TPSA) is 55.5 Å². The highest BCUT2D eigenvalue weighted by Crippen LogP contribution is 2.28. The first kappa shape index (κ1) is 17.5. The molecule has 7 heteroatoms. The zero-order valence-electron chi connectivity index (χ0n) is 14.7.